The number of hydrogen-bond acceptors (Lipinski definition) is 4. The third-order valence-electron chi connectivity index (χ3n) is 2.10. The topological polar surface area (TPSA) is 78.9 Å². The van der Waals surface area contributed by atoms with Crippen molar-refractivity contribution in [3.63, 3.8) is 0 Å². The molecule has 0 saturated heterocycles. The van der Waals surface area contributed by atoms with Crippen LogP contribution in [0.15, 0.2) is 34.9 Å². The van der Waals surface area contributed by atoms with E-state index in [0.717, 1.165) is 0 Å². The molecule has 0 aliphatic carbocycles. The van der Waals surface area contributed by atoms with Crippen LogP contribution in [0.4, 0.5) is 5.82 Å². The number of carbonyl (C=O) groups excluding carboxylic acids is 1. The van der Waals surface area contributed by atoms with Crippen LogP contribution in [0.3, 0.4) is 0 Å². The lowest BCUT2D eigenvalue weighted by atomic mass is 10.3. The lowest BCUT2D eigenvalue weighted by molar-refractivity contribution is 0.0995. The lowest BCUT2D eigenvalue weighted by Gasteiger charge is -2.01. The molecule has 0 atom stereocenters. The fraction of sp³-hybridized carbons (Fsp3) is 0.0833. The third kappa shape index (κ3) is 2.49. The van der Waals surface area contributed by atoms with Crippen LogP contribution in [0.1, 0.15) is 21.9 Å². The molecule has 0 aliphatic heterocycles. The van der Waals surface area contributed by atoms with Gasteiger partial charge in [-0.05, 0) is 31.2 Å². The highest BCUT2D eigenvalue weighted by Crippen LogP contribution is 2.10. The van der Waals surface area contributed by atoms with Crippen LogP contribution >= 0.6 is 0 Å². The van der Waals surface area contributed by atoms with Gasteiger partial charge in [-0.15, -0.1) is 0 Å². The number of rotatable bonds is 2. The molecule has 5 heteroatoms. The van der Waals surface area contributed by atoms with Crippen LogP contribution in [0, 0.1) is 18.3 Å². The number of amides is 1. The van der Waals surface area contributed by atoms with Crippen molar-refractivity contribution in [2.45, 2.75) is 6.92 Å². The smallest absolute Gasteiger partial charge is 0.292 e. The predicted molar refractivity (Wildman–Crippen MR) is 60.4 cm³/mol. The van der Waals surface area contributed by atoms with Gasteiger partial charge in [-0.1, -0.05) is 0 Å². The molecule has 2 aromatic heterocycles. The van der Waals surface area contributed by atoms with E-state index in [-0.39, 0.29) is 11.7 Å². The van der Waals surface area contributed by atoms with Gasteiger partial charge >= 0.3 is 0 Å². The first-order chi connectivity index (χ1) is 8.19. The molecule has 2 aromatic rings. The summed E-state index contributed by atoms with van der Waals surface area (Å²) in [6.45, 7) is 1.76. The third-order valence-corrected chi connectivity index (χ3v) is 2.10. The molecule has 2 heterocycles. The van der Waals surface area contributed by atoms with Crippen LogP contribution < -0.4 is 5.32 Å². The molecular weight excluding hydrogens is 218 g/mol. The van der Waals surface area contributed by atoms with Crippen LogP contribution in [0.25, 0.3) is 0 Å². The standard InChI is InChI=1S/C12H9N3O2/c1-8-2-4-10(17-8)12(16)15-11-5-3-9(6-13)7-14-11/h2-5,7H,1H3,(H,14,15,16). The number of aryl methyl sites for hydroxylation is 1. The fourth-order valence-electron chi connectivity index (χ4n) is 1.27. The maximum atomic E-state index is 11.7. The van der Waals surface area contributed by atoms with E-state index in [1.807, 2.05) is 6.07 Å². The Hall–Kier alpha value is -2.61. The molecule has 0 radical (unpaired) electrons. The van der Waals surface area contributed by atoms with Crippen LogP contribution in [-0.4, -0.2) is 10.9 Å². The maximum Gasteiger partial charge on any atom is 0.292 e. The Kier molecular flexibility index (Phi) is 2.88. The summed E-state index contributed by atoms with van der Waals surface area (Å²) in [6, 6.07) is 8.39. The second-order valence-electron chi connectivity index (χ2n) is 3.41. The van der Waals surface area contributed by atoms with Crippen molar-refractivity contribution >= 4 is 11.7 Å². The van der Waals surface area contributed by atoms with Crippen molar-refractivity contribution in [3.05, 3.63) is 47.5 Å². The highest BCUT2D eigenvalue weighted by Gasteiger charge is 2.10. The molecule has 0 aliphatic rings. The Labute approximate surface area is 97.7 Å². The van der Waals surface area contributed by atoms with Crippen LogP contribution in [0.2, 0.25) is 0 Å². The Morgan fingerprint density at radius 3 is 2.76 bits per heavy atom. The minimum atomic E-state index is -0.365. The summed E-state index contributed by atoms with van der Waals surface area (Å²) in [6.07, 6.45) is 1.39. The maximum absolute atomic E-state index is 11.7. The van der Waals surface area contributed by atoms with Gasteiger partial charge in [-0.2, -0.15) is 5.26 Å². The van der Waals surface area contributed by atoms with Gasteiger partial charge in [-0.25, -0.2) is 4.98 Å². The first-order valence-electron chi connectivity index (χ1n) is 4.93. The average molecular weight is 227 g/mol. The number of carbonyl (C=O) groups is 1. The van der Waals surface area contributed by atoms with Gasteiger partial charge in [0.25, 0.3) is 5.91 Å². The number of aromatic nitrogens is 1. The molecule has 84 valence electrons. The van der Waals surface area contributed by atoms with Gasteiger partial charge in [0.05, 0.1) is 5.56 Å². The number of hydrogen-bond donors (Lipinski definition) is 1. The van der Waals surface area contributed by atoms with Crippen LogP contribution in [0.5, 0.6) is 0 Å². The van der Waals surface area contributed by atoms with Crippen LogP contribution in [-0.2, 0) is 0 Å². The summed E-state index contributed by atoms with van der Waals surface area (Å²) >= 11 is 0. The molecule has 0 aromatic carbocycles. The number of nitrogens with zero attached hydrogens (tertiary/aromatic N) is 2. The minimum Gasteiger partial charge on any atom is -0.456 e. The number of nitriles is 1. The molecule has 1 amide bonds. The molecule has 0 fully saturated rings. The van der Waals surface area contributed by atoms with Gasteiger partial charge in [0.1, 0.15) is 17.6 Å². The van der Waals surface area contributed by atoms with Crippen molar-refractivity contribution in [3.8, 4) is 6.07 Å². The average Bonchev–Trinajstić information content (AvgIpc) is 2.77. The van der Waals surface area contributed by atoms with Crippen molar-refractivity contribution < 1.29 is 9.21 Å². The van der Waals surface area contributed by atoms with E-state index in [2.05, 4.69) is 10.3 Å². The number of nitrogens with one attached hydrogen (secondary N) is 1. The molecular formula is C12H9N3O2. The second kappa shape index (κ2) is 4.49. The van der Waals surface area contributed by atoms with E-state index < -0.39 is 0 Å². The second-order valence-corrected chi connectivity index (χ2v) is 3.41. The monoisotopic (exact) mass is 227 g/mol. The first-order valence-corrected chi connectivity index (χ1v) is 4.93. The SMILES string of the molecule is Cc1ccc(C(=O)Nc2ccc(C#N)cn2)o1. The number of pyridine rings is 1. The molecule has 0 spiro atoms. The summed E-state index contributed by atoms with van der Waals surface area (Å²) in [7, 11) is 0. The fourth-order valence-corrected chi connectivity index (χ4v) is 1.27. The Morgan fingerprint density at radius 1 is 1.41 bits per heavy atom. The quantitative estimate of drug-likeness (QED) is 0.852. The number of anilines is 1. The first kappa shape index (κ1) is 10.9. The summed E-state index contributed by atoms with van der Waals surface area (Å²) < 4.78 is 5.17. The van der Waals surface area contributed by atoms with E-state index >= 15 is 0 Å². The summed E-state index contributed by atoms with van der Waals surface area (Å²) in [5, 5.41) is 11.2. The zero-order valence-corrected chi connectivity index (χ0v) is 9.10. The summed E-state index contributed by atoms with van der Waals surface area (Å²) in [5.41, 5.74) is 0.442. The molecule has 17 heavy (non-hydrogen) atoms. The largest absolute Gasteiger partial charge is 0.456 e. The van der Waals surface area contributed by atoms with Gasteiger partial charge in [-0.3, -0.25) is 4.79 Å². The lowest BCUT2D eigenvalue weighted by Crippen LogP contribution is -2.11. The van der Waals surface area contributed by atoms with E-state index in [1.54, 1.807) is 31.2 Å². The van der Waals surface area contributed by atoms with E-state index in [1.165, 1.54) is 6.20 Å². The van der Waals surface area contributed by atoms with Gasteiger partial charge in [0, 0.05) is 6.20 Å². The normalized spacial score (nSPS) is 9.65. The van der Waals surface area contributed by atoms with Crippen molar-refractivity contribution in [2.24, 2.45) is 0 Å². The highest BCUT2D eigenvalue weighted by molar-refractivity contribution is 6.01. The van der Waals surface area contributed by atoms with Crippen molar-refractivity contribution in [1.29, 1.82) is 5.26 Å². The molecule has 2 rings (SSSR count). The summed E-state index contributed by atoms with van der Waals surface area (Å²) in [5.74, 6) is 0.912. The molecule has 5 nitrogen and oxygen atoms in total. The minimum absolute atomic E-state index is 0.230. The van der Waals surface area contributed by atoms with Crippen molar-refractivity contribution in [1.82, 2.24) is 4.98 Å². The van der Waals surface area contributed by atoms with Crippen molar-refractivity contribution in [2.75, 3.05) is 5.32 Å². The predicted octanol–water partition coefficient (Wildman–Crippen LogP) is 2.11. The molecule has 0 bridgehead atoms. The Bertz CT molecular complexity index is 579. The van der Waals surface area contributed by atoms with E-state index in [4.69, 9.17) is 9.68 Å². The van der Waals surface area contributed by atoms with E-state index in [0.29, 0.717) is 17.1 Å². The Morgan fingerprint density at radius 2 is 2.24 bits per heavy atom. The zero-order valence-electron chi connectivity index (χ0n) is 9.10. The van der Waals surface area contributed by atoms with Gasteiger partial charge in [0.15, 0.2) is 5.76 Å². The molecule has 1 N–H and O–H groups in total. The molecule has 0 saturated carbocycles. The summed E-state index contributed by atoms with van der Waals surface area (Å²) in [4.78, 5) is 15.6. The Balaban J connectivity index is 2.11. The van der Waals surface area contributed by atoms with E-state index in [9.17, 15) is 4.79 Å². The molecule has 0 unspecified atom stereocenters. The van der Waals surface area contributed by atoms with Gasteiger partial charge < -0.3 is 9.73 Å². The number of furan rings is 1. The zero-order chi connectivity index (χ0) is 12.3. The highest BCUT2D eigenvalue weighted by atomic mass is 16.3. The van der Waals surface area contributed by atoms with Gasteiger partial charge in [0.2, 0.25) is 0 Å².